The SMILES string of the molecule is COc1cccc([C@@H](CNC(N)=O)c2c[nH]c3ccccc23)c1OC. The van der Waals surface area contributed by atoms with Gasteiger partial charge in [0.1, 0.15) is 0 Å². The molecule has 1 atom stereocenters. The quantitative estimate of drug-likeness (QED) is 0.645. The third kappa shape index (κ3) is 3.24. The highest BCUT2D eigenvalue weighted by atomic mass is 16.5. The van der Waals surface area contributed by atoms with Gasteiger partial charge in [0.25, 0.3) is 0 Å². The van der Waals surface area contributed by atoms with Gasteiger partial charge in [0.2, 0.25) is 0 Å². The number of nitrogens with two attached hydrogens (primary N) is 1. The van der Waals surface area contributed by atoms with Crippen molar-refractivity contribution in [1.29, 1.82) is 0 Å². The van der Waals surface area contributed by atoms with E-state index in [9.17, 15) is 4.79 Å². The second-order valence-corrected chi connectivity index (χ2v) is 5.67. The first-order valence-corrected chi connectivity index (χ1v) is 7.96. The zero-order valence-corrected chi connectivity index (χ0v) is 14.2. The smallest absolute Gasteiger partial charge is 0.312 e. The van der Waals surface area contributed by atoms with Crippen molar-refractivity contribution >= 4 is 16.9 Å². The Balaban J connectivity index is 2.14. The lowest BCUT2D eigenvalue weighted by Crippen LogP contribution is -2.33. The number of aromatic nitrogens is 1. The summed E-state index contributed by atoms with van der Waals surface area (Å²) in [6.07, 6.45) is 1.96. The Morgan fingerprint density at radius 1 is 1.12 bits per heavy atom. The van der Waals surface area contributed by atoms with Gasteiger partial charge in [-0.25, -0.2) is 4.79 Å². The molecule has 25 heavy (non-hydrogen) atoms. The van der Waals surface area contributed by atoms with Crippen LogP contribution in [0.1, 0.15) is 17.0 Å². The van der Waals surface area contributed by atoms with Crippen molar-refractivity contribution in [1.82, 2.24) is 10.3 Å². The fourth-order valence-corrected chi connectivity index (χ4v) is 3.16. The highest BCUT2D eigenvalue weighted by molar-refractivity contribution is 5.84. The number of carbonyl (C=O) groups excluding carboxylic acids is 1. The highest BCUT2D eigenvalue weighted by Crippen LogP contribution is 2.39. The molecule has 4 N–H and O–H groups in total. The molecule has 6 nitrogen and oxygen atoms in total. The van der Waals surface area contributed by atoms with Crippen molar-refractivity contribution in [3.8, 4) is 11.5 Å². The highest BCUT2D eigenvalue weighted by Gasteiger charge is 2.23. The average molecular weight is 339 g/mol. The first kappa shape index (κ1) is 16.7. The number of benzene rings is 2. The molecular formula is C19H21N3O3. The fraction of sp³-hybridized carbons (Fsp3) is 0.211. The summed E-state index contributed by atoms with van der Waals surface area (Å²) in [6, 6.07) is 13.2. The van der Waals surface area contributed by atoms with E-state index in [-0.39, 0.29) is 5.92 Å². The third-order valence-corrected chi connectivity index (χ3v) is 4.29. The van der Waals surface area contributed by atoms with E-state index < -0.39 is 6.03 Å². The molecule has 6 heteroatoms. The van der Waals surface area contributed by atoms with Crippen LogP contribution in [0.4, 0.5) is 4.79 Å². The van der Waals surface area contributed by atoms with Gasteiger partial charge in [0.15, 0.2) is 11.5 Å². The molecule has 1 aromatic heterocycles. The number of methoxy groups -OCH3 is 2. The zero-order valence-electron chi connectivity index (χ0n) is 14.2. The van der Waals surface area contributed by atoms with E-state index in [2.05, 4.69) is 10.3 Å². The summed E-state index contributed by atoms with van der Waals surface area (Å²) in [5.74, 6) is 1.14. The van der Waals surface area contributed by atoms with E-state index in [4.69, 9.17) is 15.2 Å². The lowest BCUT2D eigenvalue weighted by Gasteiger charge is -2.21. The number of para-hydroxylation sites is 2. The maximum Gasteiger partial charge on any atom is 0.312 e. The first-order chi connectivity index (χ1) is 12.2. The van der Waals surface area contributed by atoms with Crippen LogP contribution in [0.15, 0.2) is 48.7 Å². The second kappa shape index (κ2) is 7.17. The van der Waals surface area contributed by atoms with Crippen molar-refractivity contribution in [3.63, 3.8) is 0 Å². The van der Waals surface area contributed by atoms with Gasteiger partial charge in [-0.1, -0.05) is 30.3 Å². The predicted octanol–water partition coefficient (Wildman–Crippen LogP) is 2.99. The number of urea groups is 1. The Kier molecular flexibility index (Phi) is 4.79. The summed E-state index contributed by atoms with van der Waals surface area (Å²) in [5, 5.41) is 3.80. The molecule has 0 spiro atoms. The van der Waals surface area contributed by atoms with Gasteiger partial charge in [0, 0.05) is 35.1 Å². The van der Waals surface area contributed by atoms with Crippen LogP contribution in [0.2, 0.25) is 0 Å². The topological polar surface area (TPSA) is 89.4 Å². The Bertz CT molecular complexity index is 889. The molecule has 0 aliphatic heterocycles. The van der Waals surface area contributed by atoms with Gasteiger partial charge in [0.05, 0.1) is 14.2 Å². The minimum Gasteiger partial charge on any atom is -0.493 e. The standard InChI is InChI=1S/C19H21N3O3/c1-24-17-9-5-7-13(18(17)25-2)15(11-22-19(20)23)14-10-21-16-8-4-3-6-12(14)16/h3-10,15,21H,11H2,1-2H3,(H3,20,22,23)/t15-/m1/s1. The Labute approximate surface area is 145 Å². The van der Waals surface area contributed by atoms with Crippen LogP contribution in [0.25, 0.3) is 10.9 Å². The minimum absolute atomic E-state index is 0.145. The molecule has 0 saturated heterocycles. The monoisotopic (exact) mass is 339 g/mol. The lowest BCUT2D eigenvalue weighted by atomic mass is 9.90. The van der Waals surface area contributed by atoms with Gasteiger partial charge in [-0.15, -0.1) is 0 Å². The number of rotatable bonds is 6. The molecule has 3 rings (SSSR count). The van der Waals surface area contributed by atoms with Crippen molar-refractivity contribution in [2.24, 2.45) is 5.73 Å². The fourth-order valence-electron chi connectivity index (χ4n) is 3.16. The van der Waals surface area contributed by atoms with E-state index >= 15 is 0 Å². The van der Waals surface area contributed by atoms with Crippen LogP contribution < -0.4 is 20.5 Å². The average Bonchev–Trinajstić information content (AvgIpc) is 3.05. The largest absolute Gasteiger partial charge is 0.493 e. The zero-order chi connectivity index (χ0) is 17.8. The number of hydrogen-bond donors (Lipinski definition) is 3. The molecule has 2 aromatic carbocycles. The van der Waals surface area contributed by atoms with Crippen LogP contribution in [-0.4, -0.2) is 31.8 Å². The third-order valence-electron chi connectivity index (χ3n) is 4.29. The van der Waals surface area contributed by atoms with E-state index in [1.165, 1.54) is 0 Å². The number of nitrogens with one attached hydrogen (secondary N) is 2. The number of hydrogen-bond acceptors (Lipinski definition) is 3. The van der Waals surface area contributed by atoms with Crippen LogP contribution in [-0.2, 0) is 0 Å². The predicted molar refractivity (Wildman–Crippen MR) is 97.3 cm³/mol. The van der Waals surface area contributed by atoms with E-state index in [0.717, 1.165) is 22.0 Å². The molecule has 1 heterocycles. The maximum atomic E-state index is 11.3. The summed E-state index contributed by atoms with van der Waals surface area (Å²) in [4.78, 5) is 14.6. The van der Waals surface area contributed by atoms with E-state index in [1.54, 1.807) is 14.2 Å². The Hall–Kier alpha value is -3.15. The molecule has 0 fully saturated rings. The molecule has 0 saturated carbocycles. The number of aromatic amines is 1. The molecule has 0 aliphatic carbocycles. The first-order valence-electron chi connectivity index (χ1n) is 7.96. The summed E-state index contributed by atoms with van der Waals surface area (Å²) < 4.78 is 11.0. The van der Waals surface area contributed by atoms with Crippen LogP contribution in [0, 0.1) is 0 Å². The Morgan fingerprint density at radius 2 is 1.92 bits per heavy atom. The molecular weight excluding hydrogens is 318 g/mol. The molecule has 0 radical (unpaired) electrons. The van der Waals surface area contributed by atoms with Crippen molar-refractivity contribution < 1.29 is 14.3 Å². The van der Waals surface area contributed by atoms with E-state index in [1.807, 2.05) is 48.7 Å². The van der Waals surface area contributed by atoms with Gasteiger partial charge in [-0.05, 0) is 17.7 Å². The van der Waals surface area contributed by atoms with Crippen molar-refractivity contribution in [2.45, 2.75) is 5.92 Å². The minimum atomic E-state index is -0.563. The van der Waals surface area contributed by atoms with Gasteiger partial charge < -0.3 is 25.5 Å². The molecule has 0 aliphatic rings. The van der Waals surface area contributed by atoms with Crippen molar-refractivity contribution in [2.75, 3.05) is 20.8 Å². The van der Waals surface area contributed by atoms with Crippen LogP contribution in [0.3, 0.4) is 0 Å². The number of carbonyl (C=O) groups is 1. The molecule has 3 aromatic rings. The summed E-state index contributed by atoms with van der Waals surface area (Å²) in [6.45, 7) is 0.348. The summed E-state index contributed by atoms with van der Waals surface area (Å²) >= 11 is 0. The van der Waals surface area contributed by atoms with E-state index in [0.29, 0.717) is 18.0 Å². The summed E-state index contributed by atoms with van der Waals surface area (Å²) in [5.41, 5.74) is 8.30. The Morgan fingerprint density at radius 3 is 2.64 bits per heavy atom. The lowest BCUT2D eigenvalue weighted by molar-refractivity contribution is 0.248. The molecule has 130 valence electrons. The number of fused-ring (bicyclic) bond motifs is 1. The van der Waals surface area contributed by atoms with Crippen molar-refractivity contribution in [3.05, 3.63) is 59.8 Å². The molecule has 0 bridgehead atoms. The number of H-pyrrole nitrogens is 1. The maximum absolute atomic E-state index is 11.3. The molecule has 0 unspecified atom stereocenters. The van der Waals surface area contributed by atoms with Crippen LogP contribution >= 0.6 is 0 Å². The summed E-state index contributed by atoms with van der Waals surface area (Å²) in [7, 11) is 3.21. The van der Waals surface area contributed by atoms with Gasteiger partial charge >= 0.3 is 6.03 Å². The van der Waals surface area contributed by atoms with Gasteiger partial charge in [-0.2, -0.15) is 0 Å². The second-order valence-electron chi connectivity index (χ2n) is 5.67. The normalized spacial score (nSPS) is 11.9. The molecule has 2 amide bonds. The van der Waals surface area contributed by atoms with Crippen LogP contribution in [0.5, 0.6) is 11.5 Å². The number of ether oxygens (including phenoxy) is 2. The number of amides is 2. The number of primary amides is 1. The van der Waals surface area contributed by atoms with Gasteiger partial charge in [-0.3, -0.25) is 0 Å².